The van der Waals surface area contributed by atoms with Gasteiger partial charge in [-0.25, -0.2) is 0 Å². The number of rotatable bonds is 4. The second kappa shape index (κ2) is 17.6. The molecule has 226 valence electrons. The predicted molar refractivity (Wildman–Crippen MR) is 186 cm³/mol. The first-order chi connectivity index (χ1) is 20.9. The Labute approximate surface area is 297 Å². The van der Waals surface area contributed by atoms with Gasteiger partial charge in [0.05, 0.1) is 0 Å². The van der Waals surface area contributed by atoms with E-state index in [2.05, 4.69) is 167 Å². The molecule has 0 nitrogen and oxygen atoms in total. The summed E-state index contributed by atoms with van der Waals surface area (Å²) in [5.41, 5.74) is 12.1. The fourth-order valence-electron chi connectivity index (χ4n) is 5.69. The minimum atomic E-state index is 0. The van der Waals surface area contributed by atoms with E-state index in [1.807, 2.05) is 0 Å². The van der Waals surface area contributed by atoms with Gasteiger partial charge in [0, 0.05) is 0 Å². The van der Waals surface area contributed by atoms with Crippen LogP contribution >= 0.6 is 0 Å². The molecule has 0 bridgehead atoms. The summed E-state index contributed by atoms with van der Waals surface area (Å²) in [7, 11) is 0. The first-order valence-electron chi connectivity index (χ1n) is 14.9. The maximum atomic E-state index is 2.27. The molecule has 0 N–H and O–H groups in total. The fourth-order valence-corrected chi connectivity index (χ4v) is 7.93. The van der Waals surface area contributed by atoms with Gasteiger partial charge in [0.25, 0.3) is 0 Å². The van der Waals surface area contributed by atoms with E-state index in [1.54, 1.807) is 23.3 Å². The van der Waals surface area contributed by atoms with Crippen LogP contribution in [0.25, 0.3) is 43.8 Å². The first kappa shape index (κ1) is 36.5. The topological polar surface area (TPSA) is 0 Å². The molecule has 0 heterocycles. The molecule has 45 heavy (non-hydrogen) atoms. The van der Waals surface area contributed by atoms with Crippen LogP contribution in [0.4, 0.5) is 0 Å². The molecule has 0 spiro atoms. The van der Waals surface area contributed by atoms with Gasteiger partial charge < -0.3 is 24.8 Å². The summed E-state index contributed by atoms with van der Waals surface area (Å²) in [5.74, 6) is 0. The Morgan fingerprint density at radius 3 is 1.27 bits per heavy atom. The average Bonchev–Trinajstić information content (AvgIpc) is 3.59. The zero-order chi connectivity index (χ0) is 30.2. The molecule has 0 fully saturated rings. The van der Waals surface area contributed by atoms with E-state index in [9.17, 15) is 0 Å². The number of fused-ring (bicyclic) bond motifs is 2. The van der Waals surface area contributed by atoms with Crippen LogP contribution in [0.5, 0.6) is 0 Å². The van der Waals surface area contributed by atoms with Crippen LogP contribution < -0.4 is 24.8 Å². The Bertz CT molecular complexity index is 1820. The summed E-state index contributed by atoms with van der Waals surface area (Å²) >= 11 is 1.72. The number of hydrogen-bond acceptors (Lipinski definition) is 0. The van der Waals surface area contributed by atoms with Crippen molar-refractivity contribution in [3.63, 3.8) is 0 Å². The molecule has 0 radical (unpaired) electrons. The normalized spacial score (nSPS) is 10.1. The Morgan fingerprint density at radius 1 is 0.511 bits per heavy atom. The van der Waals surface area contributed by atoms with Gasteiger partial charge in [-0.05, 0) is 25.0 Å². The molecular weight excluding hydrogens is 683 g/mol. The molecule has 0 saturated carbocycles. The van der Waals surface area contributed by atoms with Crippen LogP contribution in [0.2, 0.25) is 0 Å². The number of hydrogen-bond donors (Lipinski definition) is 0. The van der Waals surface area contributed by atoms with E-state index >= 15 is 0 Å². The summed E-state index contributed by atoms with van der Waals surface area (Å²) in [6.45, 7) is 8.64. The van der Waals surface area contributed by atoms with Gasteiger partial charge in [0.1, 0.15) is 0 Å². The van der Waals surface area contributed by atoms with Gasteiger partial charge in [0.2, 0.25) is 0 Å². The molecule has 0 amide bonds. The van der Waals surface area contributed by atoms with Crippen molar-refractivity contribution in [2.75, 3.05) is 0 Å². The summed E-state index contributed by atoms with van der Waals surface area (Å²) in [5, 5.41) is 5.42. The molecule has 0 aliphatic rings. The molecule has 4 heteroatoms. The van der Waals surface area contributed by atoms with E-state index in [1.165, 1.54) is 77.7 Å². The summed E-state index contributed by atoms with van der Waals surface area (Å²) in [6, 6.07) is 51.4. The second-order valence-corrected chi connectivity index (χ2v) is 15.1. The van der Waals surface area contributed by atoms with Gasteiger partial charge in [-0.3, -0.25) is 0 Å². The summed E-state index contributed by atoms with van der Waals surface area (Å²) < 4.78 is 0. The third-order valence-corrected chi connectivity index (χ3v) is 9.75. The van der Waals surface area contributed by atoms with Gasteiger partial charge in [0.15, 0.2) is 0 Å². The van der Waals surface area contributed by atoms with Crippen molar-refractivity contribution in [3.05, 3.63) is 167 Å². The van der Waals surface area contributed by atoms with Crippen molar-refractivity contribution in [3.8, 4) is 22.3 Å². The van der Waals surface area contributed by atoms with Crippen LogP contribution in [-0.2, 0) is 29.4 Å². The van der Waals surface area contributed by atoms with Crippen molar-refractivity contribution in [2.24, 2.45) is 0 Å². The van der Waals surface area contributed by atoms with Crippen LogP contribution in [0.15, 0.2) is 140 Å². The Kier molecular flexibility index (Phi) is 14.3. The van der Waals surface area contributed by atoms with Crippen molar-refractivity contribution < 1.29 is 48.1 Å². The molecule has 7 aromatic carbocycles. The van der Waals surface area contributed by atoms with E-state index < -0.39 is 0 Å². The summed E-state index contributed by atoms with van der Waals surface area (Å²) in [4.78, 5) is 0. The van der Waals surface area contributed by atoms with Gasteiger partial charge in [-0.2, -0.15) is 12.1 Å². The first-order valence-corrected chi connectivity index (χ1v) is 20.6. The van der Waals surface area contributed by atoms with Crippen molar-refractivity contribution in [1.29, 1.82) is 0 Å². The molecular formula is C41H38Cl2SiZr-2. The zero-order valence-electron chi connectivity index (χ0n) is 26.3. The fraction of sp³-hybridized carbons (Fsp3) is 0.122. The SMILES string of the molecule is Cc1cc(-c2ccccc2)c2cc(C)[cH-]c2c1.Cc1cc(-c2ccccc2)c2cc(C)[cH-]c2c1.[Cl-].[Cl-].[Zr+2]=[SiH]Cc1ccccc1. The van der Waals surface area contributed by atoms with E-state index in [0.717, 1.165) is 0 Å². The molecule has 0 aliphatic heterocycles. The van der Waals surface area contributed by atoms with Crippen LogP contribution in [-0.4, -0.2) is 6.16 Å². The van der Waals surface area contributed by atoms with Gasteiger partial charge in [-0.1, -0.05) is 109 Å². The van der Waals surface area contributed by atoms with Crippen LogP contribution in [0.1, 0.15) is 27.8 Å². The Balaban J connectivity index is 0.000000189. The molecule has 7 aromatic rings. The molecule has 0 aliphatic carbocycles. The van der Waals surface area contributed by atoms with E-state index in [4.69, 9.17) is 0 Å². The molecule has 0 atom stereocenters. The second-order valence-electron chi connectivity index (χ2n) is 11.3. The predicted octanol–water partition coefficient (Wildman–Crippen LogP) is 4.78. The summed E-state index contributed by atoms with van der Waals surface area (Å²) in [6.07, 6.45) is 0.715. The quantitative estimate of drug-likeness (QED) is 0.182. The minimum absolute atomic E-state index is 0. The molecule has 7 rings (SSSR count). The monoisotopic (exact) mass is 718 g/mol. The maximum absolute atomic E-state index is 2.27. The van der Waals surface area contributed by atoms with Crippen molar-refractivity contribution in [1.82, 2.24) is 0 Å². The molecule has 0 unspecified atom stereocenters. The third-order valence-electron chi connectivity index (χ3n) is 7.57. The van der Waals surface area contributed by atoms with Gasteiger partial charge in [-0.15, -0.1) is 56.9 Å². The van der Waals surface area contributed by atoms with Crippen LogP contribution in [0.3, 0.4) is 0 Å². The molecule has 0 saturated heterocycles. The average molecular weight is 721 g/mol. The number of benzene rings is 5. The van der Waals surface area contributed by atoms with E-state index in [0.29, 0.717) is 6.16 Å². The van der Waals surface area contributed by atoms with Crippen molar-refractivity contribution >= 4 is 27.7 Å². The van der Waals surface area contributed by atoms with Crippen molar-refractivity contribution in [2.45, 2.75) is 33.7 Å². The molecule has 0 aromatic heterocycles. The van der Waals surface area contributed by atoms with Crippen LogP contribution in [0, 0.1) is 27.7 Å². The number of halogens is 2. The number of aryl methyl sites for hydroxylation is 4. The van der Waals surface area contributed by atoms with Gasteiger partial charge >= 0.3 is 71.4 Å². The standard InChI is InChI=1S/2C17H15.C7H8Si.2ClH.Zr/c2*1-12-8-15-9-13(2)11-17(15)16(10-12)14-6-4-3-5-7-14;8-6-7-4-2-1-3-5-7;;;/h2*3-11H,1-2H3;1-5,8H,6H2;2*1H;/q2*-1;;;;+2/p-2. The Hall–Kier alpha value is -3.00. The van der Waals surface area contributed by atoms with E-state index in [-0.39, 0.29) is 24.8 Å². The zero-order valence-corrected chi connectivity index (χ0v) is 31.4. The Morgan fingerprint density at radius 2 is 0.889 bits per heavy atom. The third kappa shape index (κ3) is 9.74.